The Bertz CT molecular complexity index is 1120. The van der Waals surface area contributed by atoms with Gasteiger partial charge in [-0.2, -0.15) is 0 Å². The highest BCUT2D eigenvalue weighted by atomic mass is 35.5. The number of nitrogens with one attached hydrogen (secondary N) is 1. The van der Waals surface area contributed by atoms with Gasteiger partial charge in [0.1, 0.15) is 22.6 Å². The number of fused-ring (bicyclic) bond motifs is 1. The molecule has 30 heavy (non-hydrogen) atoms. The van der Waals surface area contributed by atoms with E-state index in [4.69, 9.17) is 25.5 Å². The van der Waals surface area contributed by atoms with Crippen molar-refractivity contribution in [2.75, 3.05) is 19.8 Å². The molecule has 1 amide bonds. The van der Waals surface area contributed by atoms with Gasteiger partial charge in [-0.1, -0.05) is 23.7 Å². The molecule has 4 rings (SSSR count). The Morgan fingerprint density at radius 1 is 1.27 bits per heavy atom. The lowest BCUT2D eigenvalue weighted by molar-refractivity contribution is 0.0854. The standard InChI is InChI=1S/C23H23ClN2O4/c1-2-28-21-8-4-3-7-19(21)26-23-18(22(27)25-14-17-6-5-11-29-17)13-15-12-16(24)9-10-20(15)30-23/h3-4,7-10,12-13,17H,2,5-6,11,14H2,1H3,(H,25,27)/t17-/m1/s1. The third-order valence-electron chi connectivity index (χ3n) is 4.85. The van der Waals surface area contributed by atoms with Crippen molar-refractivity contribution in [2.24, 2.45) is 4.99 Å². The number of carbonyl (C=O) groups is 1. The smallest absolute Gasteiger partial charge is 0.256 e. The molecule has 1 aromatic heterocycles. The second-order valence-corrected chi connectivity index (χ2v) is 7.44. The number of benzene rings is 2. The summed E-state index contributed by atoms with van der Waals surface area (Å²) < 4.78 is 17.3. The number of nitrogens with zero attached hydrogens (tertiary/aromatic N) is 1. The van der Waals surface area contributed by atoms with Crippen LogP contribution < -0.4 is 15.6 Å². The molecular formula is C23H23ClN2O4. The van der Waals surface area contributed by atoms with Gasteiger partial charge in [0, 0.05) is 23.6 Å². The molecule has 6 nitrogen and oxygen atoms in total. The van der Waals surface area contributed by atoms with Crippen LogP contribution in [0.4, 0.5) is 5.69 Å². The molecule has 3 aromatic rings. The highest BCUT2D eigenvalue weighted by molar-refractivity contribution is 6.31. The SMILES string of the molecule is CCOc1ccccc1N=c1oc2ccc(Cl)cc2cc1C(=O)NC[C@H]1CCCO1. The van der Waals surface area contributed by atoms with Crippen LogP contribution >= 0.6 is 11.6 Å². The first kappa shape index (κ1) is 20.4. The molecule has 1 atom stereocenters. The quantitative estimate of drug-likeness (QED) is 0.623. The number of amides is 1. The lowest BCUT2D eigenvalue weighted by Gasteiger charge is -2.11. The van der Waals surface area contributed by atoms with E-state index in [2.05, 4.69) is 10.3 Å². The molecule has 1 saturated heterocycles. The summed E-state index contributed by atoms with van der Waals surface area (Å²) >= 11 is 6.12. The van der Waals surface area contributed by atoms with Gasteiger partial charge in [0.05, 0.1) is 12.7 Å². The normalized spacial score (nSPS) is 16.7. The van der Waals surface area contributed by atoms with Crippen molar-refractivity contribution in [3.05, 3.63) is 64.7 Å². The average Bonchev–Trinajstić information content (AvgIpc) is 3.27. The lowest BCUT2D eigenvalue weighted by Crippen LogP contribution is -2.34. The van der Waals surface area contributed by atoms with Crippen molar-refractivity contribution in [2.45, 2.75) is 25.9 Å². The first-order chi connectivity index (χ1) is 14.6. The number of para-hydroxylation sites is 2. The molecule has 156 valence electrons. The molecule has 0 spiro atoms. The molecule has 2 aromatic carbocycles. The summed E-state index contributed by atoms with van der Waals surface area (Å²) in [5, 5.41) is 4.23. The predicted octanol–water partition coefficient (Wildman–Crippen LogP) is 4.63. The van der Waals surface area contributed by atoms with Crippen molar-refractivity contribution in [3.63, 3.8) is 0 Å². The van der Waals surface area contributed by atoms with E-state index in [0.29, 0.717) is 40.8 Å². The maximum atomic E-state index is 13.0. The third kappa shape index (κ3) is 4.66. The summed E-state index contributed by atoms with van der Waals surface area (Å²) in [6, 6.07) is 14.4. The van der Waals surface area contributed by atoms with E-state index >= 15 is 0 Å². The van der Waals surface area contributed by atoms with Crippen molar-refractivity contribution >= 4 is 34.2 Å². The second kappa shape index (κ2) is 9.32. The van der Waals surface area contributed by atoms with E-state index in [1.165, 1.54) is 0 Å². The Balaban J connectivity index is 1.77. The zero-order chi connectivity index (χ0) is 20.9. The van der Waals surface area contributed by atoms with Gasteiger partial charge in [0.2, 0.25) is 5.55 Å². The van der Waals surface area contributed by atoms with Crippen molar-refractivity contribution in [1.29, 1.82) is 0 Å². The molecule has 1 fully saturated rings. The highest BCUT2D eigenvalue weighted by Gasteiger charge is 2.19. The Labute approximate surface area is 179 Å². The van der Waals surface area contributed by atoms with E-state index in [9.17, 15) is 4.79 Å². The van der Waals surface area contributed by atoms with Gasteiger partial charge in [0.15, 0.2) is 0 Å². The van der Waals surface area contributed by atoms with E-state index in [1.54, 1.807) is 24.3 Å². The lowest BCUT2D eigenvalue weighted by atomic mass is 10.1. The molecule has 7 heteroatoms. The van der Waals surface area contributed by atoms with Crippen LogP contribution in [0.1, 0.15) is 30.1 Å². The van der Waals surface area contributed by atoms with Crippen molar-refractivity contribution < 1.29 is 18.7 Å². The van der Waals surface area contributed by atoms with Gasteiger partial charge in [-0.3, -0.25) is 4.79 Å². The molecular weight excluding hydrogens is 404 g/mol. The van der Waals surface area contributed by atoms with Crippen LogP contribution in [0.15, 0.2) is 57.9 Å². The summed E-state index contributed by atoms with van der Waals surface area (Å²) in [5.41, 5.74) is 1.71. The van der Waals surface area contributed by atoms with Gasteiger partial charge in [-0.25, -0.2) is 4.99 Å². The minimum atomic E-state index is -0.274. The van der Waals surface area contributed by atoms with Crippen LogP contribution in [-0.2, 0) is 4.74 Å². The Hall–Kier alpha value is -2.83. The molecule has 0 unspecified atom stereocenters. The minimum absolute atomic E-state index is 0.0415. The summed E-state index contributed by atoms with van der Waals surface area (Å²) in [5.74, 6) is 0.348. The summed E-state index contributed by atoms with van der Waals surface area (Å²) in [6.07, 6.45) is 2.00. The second-order valence-electron chi connectivity index (χ2n) is 7.00. The van der Waals surface area contributed by atoms with Gasteiger partial charge in [-0.05, 0) is 56.2 Å². The van der Waals surface area contributed by atoms with Gasteiger partial charge >= 0.3 is 0 Å². The zero-order valence-corrected chi connectivity index (χ0v) is 17.4. The van der Waals surface area contributed by atoms with Crippen LogP contribution in [0.3, 0.4) is 0 Å². The van der Waals surface area contributed by atoms with E-state index in [0.717, 1.165) is 24.8 Å². The van der Waals surface area contributed by atoms with E-state index in [-0.39, 0.29) is 17.6 Å². The molecule has 2 heterocycles. The minimum Gasteiger partial charge on any atom is -0.492 e. The van der Waals surface area contributed by atoms with Crippen LogP contribution in [0.5, 0.6) is 5.75 Å². The van der Waals surface area contributed by atoms with Crippen LogP contribution in [0.2, 0.25) is 5.02 Å². The number of ether oxygens (including phenoxy) is 2. The van der Waals surface area contributed by atoms with Gasteiger partial charge in [-0.15, -0.1) is 0 Å². The van der Waals surface area contributed by atoms with Gasteiger partial charge < -0.3 is 19.2 Å². The number of carbonyl (C=O) groups excluding carboxylic acids is 1. The third-order valence-corrected chi connectivity index (χ3v) is 5.09. The van der Waals surface area contributed by atoms with Crippen molar-refractivity contribution in [3.8, 4) is 5.75 Å². The topological polar surface area (TPSA) is 73.1 Å². The van der Waals surface area contributed by atoms with E-state index < -0.39 is 0 Å². The molecule has 1 aliphatic heterocycles. The number of hydrogen-bond donors (Lipinski definition) is 1. The largest absolute Gasteiger partial charge is 0.492 e. The molecule has 0 saturated carbocycles. The van der Waals surface area contributed by atoms with Crippen LogP contribution in [-0.4, -0.2) is 31.8 Å². The number of hydrogen-bond acceptors (Lipinski definition) is 5. The fourth-order valence-electron chi connectivity index (χ4n) is 3.39. The Morgan fingerprint density at radius 2 is 2.13 bits per heavy atom. The maximum Gasteiger partial charge on any atom is 0.256 e. The van der Waals surface area contributed by atoms with Gasteiger partial charge in [0.25, 0.3) is 5.91 Å². The number of rotatable bonds is 6. The molecule has 0 bridgehead atoms. The Kier molecular flexibility index (Phi) is 6.35. The predicted molar refractivity (Wildman–Crippen MR) is 115 cm³/mol. The maximum absolute atomic E-state index is 13.0. The highest BCUT2D eigenvalue weighted by Crippen LogP contribution is 2.27. The average molecular weight is 427 g/mol. The molecule has 1 N–H and O–H groups in total. The summed E-state index contributed by atoms with van der Waals surface area (Å²) in [7, 11) is 0. The van der Waals surface area contributed by atoms with Crippen molar-refractivity contribution in [1.82, 2.24) is 5.32 Å². The first-order valence-corrected chi connectivity index (χ1v) is 10.4. The molecule has 1 aliphatic rings. The Morgan fingerprint density at radius 3 is 2.93 bits per heavy atom. The first-order valence-electron chi connectivity index (χ1n) is 10.0. The fraction of sp³-hybridized carbons (Fsp3) is 0.304. The van der Waals surface area contributed by atoms with Crippen LogP contribution in [0, 0.1) is 0 Å². The molecule has 0 radical (unpaired) electrons. The summed E-state index contributed by atoms with van der Waals surface area (Å²) in [4.78, 5) is 17.6. The monoisotopic (exact) mass is 426 g/mol. The zero-order valence-electron chi connectivity index (χ0n) is 16.7. The fourth-order valence-corrected chi connectivity index (χ4v) is 3.57. The number of halogens is 1. The molecule has 0 aliphatic carbocycles. The summed E-state index contributed by atoms with van der Waals surface area (Å²) in [6.45, 7) is 3.60. The van der Waals surface area contributed by atoms with E-state index in [1.807, 2.05) is 31.2 Å². The van der Waals surface area contributed by atoms with Crippen LogP contribution in [0.25, 0.3) is 11.0 Å².